The molecule has 376 valence electrons. The van der Waals surface area contributed by atoms with E-state index in [9.17, 15) is 0 Å². The third-order valence-electron chi connectivity index (χ3n) is 17.4. The van der Waals surface area contributed by atoms with Gasteiger partial charge in [0.1, 0.15) is 5.82 Å². The number of pyridine rings is 1. The second-order valence-corrected chi connectivity index (χ2v) is 22.8. The smallest absolute Gasteiger partial charge is 0.135 e. The van der Waals surface area contributed by atoms with Crippen LogP contribution in [0.3, 0.4) is 0 Å². The van der Waals surface area contributed by atoms with Crippen LogP contribution in [-0.4, -0.2) is 9.55 Å². The number of aromatic nitrogens is 2. The molecule has 0 saturated heterocycles. The molecule has 2 aromatic heterocycles. The molecule has 0 atom stereocenters. The minimum atomic E-state index is -0.0797. The SMILES string of the molecule is CC(C)c1ccccc1N1[CH-]N(c2[c-]c(Oc3[c-]c4c(cc3)c3ccc5c(c3n4-c3cc(C(C)(C)C)ccn3)C3c4ccccc4C5c4ccccc43)ccc2)c2ccc3c(c21)C1c2ccccc2C3c2ccccc21.[Pt]. The summed E-state index contributed by atoms with van der Waals surface area (Å²) in [4.78, 5) is 9.94. The standard InChI is InChI=1S/C71H53N4O.Pt/c1-41(2)46-19-14-15-28-59(46)74-40-73(60-34-33-58-64-50-22-8-12-26-54(50)66(68(58)70(60)74)55-27-13-9-23-51(55)64)43-17-16-18-44(38-43)76-45-29-30-47-56-31-32-57-63-48-20-6-10-24-52(48)65(53-25-11-7-21-49(53)63)67(57)69(56)75(61(47)39-45)62-37-42(35-36-72-62)71(3,4)5;/h6-37,40-41,63-66H,1-5H3;/q-3;. The minimum absolute atomic E-state index is 0. The summed E-state index contributed by atoms with van der Waals surface area (Å²) in [6, 6.07) is 77.3. The molecule has 3 heterocycles. The van der Waals surface area contributed by atoms with Gasteiger partial charge in [-0.1, -0.05) is 174 Å². The number of rotatable bonds is 6. The van der Waals surface area contributed by atoms with E-state index in [1.807, 2.05) is 12.3 Å². The van der Waals surface area contributed by atoms with Crippen LogP contribution in [0.4, 0.5) is 22.7 Å². The van der Waals surface area contributed by atoms with Gasteiger partial charge in [0.25, 0.3) is 0 Å². The summed E-state index contributed by atoms with van der Waals surface area (Å²) in [5, 5.41) is 2.30. The van der Waals surface area contributed by atoms with Crippen LogP contribution in [0.2, 0.25) is 0 Å². The maximum Gasteiger partial charge on any atom is 0.135 e. The first-order valence-electron chi connectivity index (χ1n) is 26.9. The van der Waals surface area contributed by atoms with Gasteiger partial charge in [-0.05, 0) is 119 Å². The number of hydrogen-bond acceptors (Lipinski definition) is 4. The summed E-state index contributed by atoms with van der Waals surface area (Å²) < 4.78 is 9.34. The van der Waals surface area contributed by atoms with E-state index in [-0.39, 0.29) is 50.2 Å². The molecule has 6 heteroatoms. The van der Waals surface area contributed by atoms with Gasteiger partial charge in [0.15, 0.2) is 0 Å². The molecule has 0 spiro atoms. The Labute approximate surface area is 464 Å². The third kappa shape index (κ3) is 6.59. The summed E-state index contributed by atoms with van der Waals surface area (Å²) >= 11 is 0. The molecule has 0 N–H and O–H groups in total. The van der Waals surface area contributed by atoms with E-state index in [2.05, 4.69) is 250 Å². The quantitative estimate of drug-likeness (QED) is 0.155. The van der Waals surface area contributed by atoms with Crippen molar-refractivity contribution in [2.24, 2.45) is 0 Å². The predicted octanol–water partition coefficient (Wildman–Crippen LogP) is 17.4. The average Bonchev–Trinajstić information content (AvgIpc) is 4.10. The number of ether oxygens (including phenoxy) is 1. The maximum atomic E-state index is 6.97. The summed E-state index contributed by atoms with van der Waals surface area (Å²) in [5.41, 5.74) is 25.7. The predicted molar refractivity (Wildman–Crippen MR) is 307 cm³/mol. The largest absolute Gasteiger partial charge is 0.509 e. The van der Waals surface area contributed by atoms with Crippen molar-refractivity contribution in [3.05, 3.63) is 291 Å². The van der Waals surface area contributed by atoms with E-state index in [0.717, 1.165) is 28.1 Å². The van der Waals surface area contributed by atoms with E-state index in [0.29, 0.717) is 17.4 Å². The van der Waals surface area contributed by atoms with Gasteiger partial charge >= 0.3 is 0 Å². The van der Waals surface area contributed by atoms with E-state index < -0.39 is 0 Å². The average molecular weight is 1170 g/mol. The van der Waals surface area contributed by atoms with Crippen LogP contribution < -0.4 is 14.5 Å². The summed E-state index contributed by atoms with van der Waals surface area (Å²) in [6.07, 6.45) is 1.97. The van der Waals surface area contributed by atoms with Crippen LogP contribution in [0.1, 0.15) is 142 Å². The minimum Gasteiger partial charge on any atom is -0.509 e. The Balaban J connectivity index is 0.00000518. The van der Waals surface area contributed by atoms with E-state index in [4.69, 9.17) is 9.72 Å². The van der Waals surface area contributed by atoms with Gasteiger partial charge in [0, 0.05) is 85.0 Å². The van der Waals surface area contributed by atoms with Crippen molar-refractivity contribution in [1.29, 1.82) is 0 Å². The first-order valence-corrected chi connectivity index (χ1v) is 26.9. The molecular formula is C71H53N4OPt-3. The Morgan fingerprint density at radius 2 is 1.05 bits per heavy atom. The zero-order chi connectivity index (χ0) is 50.7. The number of nitrogens with zero attached hydrogens (tertiary/aromatic N) is 4. The van der Waals surface area contributed by atoms with Gasteiger partial charge < -0.3 is 19.1 Å². The van der Waals surface area contributed by atoms with Gasteiger partial charge in [0.05, 0.1) is 0 Å². The number of benzene rings is 9. The fraction of sp³-hybridized carbons (Fsp3) is 0.155. The van der Waals surface area contributed by atoms with Gasteiger partial charge in [-0.3, -0.25) is 0 Å². The normalized spacial score (nSPS) is 17.8. The molecule has 5 nitrogen and oxygen atoms in total. The summed E-state index contributed by atoms with van der Waals surface area (Å²) in [5.74, 6) is 2.91. The second kappa shape index (κ2) is 17.0. The molecule has 0 amide bonds. The molecule has 0 fully saturated rings. The first kappa shape index (κ1) is 46.3. The van der Waals surface area contributed by atoms with Gasteiger partial charge in [-0.15, -0.1) is 48.1 Å². The Kier molecular flexibility index (Phi) is 10.2. The molecule has 77 heavy (non-hydrogen) atoms. The Hall–Kier alpha value is -7.98. The van der Waals surface area contributed by atoms with E-state index >= 15 is 0 Å². The van der Waals surface area contributed by atoms with E-state index in [1.165, 1.54) is 100 Å². The zero-order valence-electron chi connectivity index (χ0n) is 43.5. The van der Waals surface area contributed by atoms with Crippen LogP contribution >= 0.6 is 0 Å². The summed E-state index contributed by atoms with van der Waals surface area (Å²) in [7, 11) is 0. The molecule has 1 aliphatic heterocycles. The van der Waals surface area contributed by atoms with Crippen molar-refractivity contribution in [3.63, 3.8) is 0 Å². The number of para-hydroxylation sites is 1. The molecule has 11 aromatic rings. The molecule has 18 rings (SSSR count). The molecular weight excluding hydrogens is 1120 g/mol. The Bertz CT molecular complexity index is 4180. The molecule has 0 unspecified atom stereocenters. The summed E-state index contributed by atoms with van der Waals surface area (Å²) in [6.45, 7) is 13.7. The van der Waals surface area contributed by atoms with Crippen LogP contribution in [0.15, 0.2) is 194 Å². The molecule has 7 aliphatic rings. The van der Waals surface area contributed by atoms with Crippen molar-refractivity contribution in [1.82, 2.24) is 9.55 Å². The molecule has 9 aromatic carbocycles. The molecule has 6 aliphatic carbocycles. The van der Waals surface area contributed by atoms with Crippen molar-refractivity contribution < 1.29 is 25.8 Å². The fourth-order valence-corrected chi connectivity index (χ4v) is 14.2. The Morgan fingerprint density at radius 3 is 1.68 bits per heavy atom. The number of hydrogen-bond donors (Lipinski definition) is 0. The molecule has 4 bridgehead atoms. The van der Waals surface area contributed by atoms with Crippen LogP contribution in [-0.2, 0) is 26.5 Å². The maximum absolute atomic E-state index is 6.97. The number of anilines is 4. The monoisotopic (exact) mass is 1170 g/mol. The fourth-order valence-electron chi connectivity index (χ4n) is 14.2. The van der Waals surface area contributed by atoms with Gasteiger partial charge in [-0.2, -0.15) is 12.1 Å². The first-order chi connectivity index (χ1) is 37.2. The van der Waals surface area contributed by atoms with Crippen molar-refractivity contribution in [2.45, 2.75) is 69.6 Å². The Morgan fingerprint density at radius 1 is 0.506 bits per heavy atom. The third-order valence-corrected chi connectivity index (χ3v) is 17.4. The van der Waals surface area contributed by atoms with Crippen molar-refractivity contribution in [3.8, 4) is 17.3 Å². The van der Waals surface area contributed by atoms with Crippen molar-refractivity contribution in [2.75, 3.05) is 9.80 Å². The topological polar surface area (TPSA) is 33.5 Å². The van der Waals surface area contributed by atoms with Gasteiger partial charge in [-0.25, -0.2) is 4.98 Å². The van der Waals surface area contributed by atoms with Crippen LogP contribution in [0, 0.1) is 18.8 Å². The van der Waals surface area contributed by atoms with E-state index in [1.54, 1.807) is 0 Å². The zero-order valence-corrected chi connectivity index (χ0v) is 45.7. The molecule has 0 saturated carbocycles. The van der Waals surface area contributed by atoms with Crippen LogP contribution in [0.5, 0.6) is 11.5 Å². The van der Waals surface area contributed by atoms with Crippen LogP contribution in [0.25, 0.3) is 27.6 Å². The number of fused-ring (bicyclic) bond motifs is 4. The van der Waals surface area contributed by atoms with Crippen molar-refractivity contribution >= 4 is 44.6 Å². The molecule has 0 radical (unpaired) electrons. The van der Waals surface area contributed by atoms with Gasteiger partial charge in [0.2, 0.25) is 0 Å². The second-order valence-electron chi connectivity index (χ2n) is 22.8.